The maximum atomic E-state index is 11.5. The number of aliphatic hydroxyl groups is 1. The lowest BCUT2D eigenvalue weighted by Gasteiger charge is -2.10. The summed E-state index contributed by atoms with van der Waals surface area (Å²) in [5.41, 5.74) is 2.76. The van der Waals surface area contributed by atoms with Crippen molar-refractivity contribution in [2.24, 2.45) is 0 Å². The lowest BCUT2D eigenvalue weighted by molar-refractivity contribution is 0.0699. The molecule has 116 valence electrons. The molecule has 0 saturated heterocycles. The number of methoxy groups -OCH3 is 1. The van der Waals surface area contributed by atoms with Gasteiger partial charge in [0.2, 0.25) is 0 Å². The zero-order valence-electron chi connectivity index (χ0n) is 12.5. The molecule has 0 radical (unpaired) electrons. The van der Waals surface area contributed by atoms with Crippen molar-refractivity contribution in [3.63, 3.8) is 0 Å². The van der Waals surface area contributed by atoms with Crippen molar-refractivity contribution in [2.45, 2.75) is 6.61 Å². The first-order valence-corrected chi connectivity index (χ1v) is 7.05. The Bertz CT molecular complexity index is 889. The van der Waals surface area contributed by atoms with E-state index in [-0.39, 0.29) is 12.2 Å². The van der Waals surface area contributed by atoms with Crippen LogP contribution in [-0.4, -0.2) is 28.3 Å². The van der Waals surface area contributed by atoms with E-state index in [2.05, 4.69) is 4.98 Å². The summed E-state index contributed by atoms with van der Waals surface area (Å²) in [5.74, 6) is -0.458. The van der Waals surface area contributed by atoms with Crippen LogP contribution in [-0.2, 0) is 6.61 Å². The predicted molar refractivity (Wildman–Crippen MR) is 86.6 cm³/mol. The molecule has 5 nitrogen and oxygen atoms in total. The van der Waals surface area contributed by atoms with Gasteiger partial charge in [0.15, 0.2) is 0 Å². The van der Waals surface area contributed by atoms with Crippen molar-refractivity contribution in [1.82, 2.24) is 4.98 Å². The highest BCUT2D eigenvalue weighted by molar-refractivity contribution is 6.03. The third-order valence-corrected chi connectivity index (χ3v) is 3.70. The summed E-state index contributed by atoms with van der Waals surface area (Å²) < 4.78 is 5.26. The molecule has 0 atom stereocenters. The number of fused-ring (bicyclic) bond motifs is 1. The highest BCUT2D eigenvalue weighted by Crippen LogP contribution is 2.29. The van der Waals surface area contributed by atoms with Gasteiger partial charge in [0.25, 0.3) is 0 Å². The molecule has 0 bridgehead atoms. The predicted octanol–water partition coefficient (Wildman–Crippen LogP) is 3.10. The number of carboxylic acids is 1. The van der Waals surface area contributed by atoms with E-state index >= 15 is 0 Å². The monoisotopic (exact) mass is 309 g/mol. The number of hydrogen-bond donors (Lipinski definition) is 2. The molecular formula is C18H15NO4. The lowest BCUT2D eigenvalue weighted by atomic mass is 10.0. The molecule has 0 aliphatic rings. The third kappa shape index (κ3) is 2.74. The number of aromatic nitrogens is 1. The van der Waals surface area contributed by atoms with Gasteiger partial charge in [0.1, 0.15) is 5.75 Å². The molecule has 2 aromatic carbocycles. The van der Waals surface area contributed by atoms with Crippen LogP contribution < -0.4 is 4.74 Å². The summed E-state index contributed by atoms with van der Waals surface area (Å²) in [6, 6.07) is 14.0. The van der Waals surface area contributed by atoms with E-state index in [1.807, 2.05) is 6.07 Å². The summed E-state index contributed by atoms with van der Waals surface area (Å²) in [5, 5.41) is 19.3. The fraction of sp³-hybridized carbons (Fsp3) is 0.111. The van der Waals surface area contributed by atoms with Crippen molar-refractivity contribution in [3.05, 3.63) is 59.7 Å². The van der Waals surface area contributed by atoms with E-state index in [0.29, 0.717) is 27.9 Å². The number of hydrogen-bond acceptors (Lipinski definition) is 4. The zero-order chi connectivity index (χ0) is 16.4. The minimum atomic E-state index is -0.996. The molecule has 23 heavy (non-hydrogen) atoms. The molecule has 5 heteroatoms. The number of aliphatic hydroxyl groups excluding tert-OH is 1. The normalized spacial score (nSPS) is 10.7. The Kier molecular flexibility index (Phi) is 3.95. The largest absolute Gasteiger partial charge is 0.496 e. The summed E-state index contributed by atoms with van der Waals surface area (Å²) in [6.07, 6.45) is 0. The molecule has 3 rings (SSSR count). The van der Waals surface area contributed by atoms with E-state index in [0.717, 1.165) is 5.56 Å². The summed E-state index contributed by atoms with van der Waals surface area (Å²) in [7, 11) is 1.52. The smallest absolute Gasteiger partial charge is 0.336 e. The molecule has 2 N–H and O–H groups in total. The van der Waals surface area contributed by atoms with Gasteiger partial charge in [-0.05, 0) is 18.2 Å². The molecule has 1 heterocycles. The highest BCUT2D eigenvalue weighted by Gasteiger charge is 2.13. The van der Waals surface area contributed by atoms with Crippen molar-refractivity contribution < 1.29 is 19.7 Å². The van der Waals surface area contributed by atoms with Gasteiger partial charge in [-0.1, -0.05) is 30.3 Å². The van der Waals surface area contributed by atoms with Gasteiger partial charge >= 0.3 is 5.97 Å². The average molecular weight is 309 g/mol. The van der Waals surface area contributed by atoms with Gasteiger partial charge in [-0.25, -0.2) is 9.78 Å². The number of carboxylic acid groups (broad SMARTS) is 1. The number of carbonyl (C=O) groups is 1. The summed E-state index contributed by atoms with van der Waals surface area (Å²) >= 11 is 0. The average Bonchev–Trinajstić information content (AvgIpc) is 2.59. The molecule has 0 unspecified atom stereocenters. The topological polar surface area (TPSA) is 79.7 Å². The maximum absolute atomic E-state index is 11.5. The van der Waals surface area contributed by atoms with Gasteiger partial charge < -0.3 is 14.9 Å². The van der Waals surface area contributed by atoms with E-state index in [4.69, 9.17) is 4.74 Å². The Morgan fingerprint density at radius 3 is 2.65 bits per heavy atom. The van der Waals surface area contributed by atoms with Crippen LogP contribution in [0.25, 0.3) is 22.2 Å². The van der Waals surface area contributed by atoms with Crippen LogP contribution >= 0.6 is 0 Å². The number of nitrogens with zero attached hydrogens (tertiary/aromatic N) is 1. The quantitative estimate of drug-likeness (QED) is 0.774. The maximum Gasteiger partial charge on any atom is 0.336 e. The van der Waals surface area contributed by atoms with Crippen LogP contribution in [0.5, 0.6) is 5.75 Å². The van der Waals surface area contributed by atoms with Crippen molar-refractivity contribution in [3.8, 4) is 17.0 Å². The number of benzene rings is 2. The SMILES string of the molecule is COc1cc(-c2cc(C(=O)O)c3ccccc3n2)ccc1CO. The Morgan fingerprint density at radius 2 is 1.96 bits per heavy atom. The van der Waals surface area contributed by atoms with E-state index in [1.165, 1.54) is 7.11 Å². The minimum absolute atomic E-state index is 0.130. The highest BCUT2D eigenvalue weighted by atomic mass is 16.5. The van der Waals surface area contributed by atoms with Crippen LogP contribution in [0.2, 0.25) is 0 Å². The Labute approximate surface area is 132 Å². The lowest BCUT2D eigenvalue weighted by Crippen LogP contribution is -2.00. The molecule has 3 aromatic rings. The fourth-order valence-corrected chi connectivity index (χ4v) is 2.53. The second-order valence-electron chi connectivity index (χ2n) is 5.06. The van der Waals surface area contributed by atoms with E-state index < -0.39 is 5.97 Å². The third-order valence-electron chi connectivity index (χ3n) is 3.70. The second kappa shape index (κ2) is 6.06. The molecule has 0 aliphatic carbocycles. The van der Waals surface area contributed by atoms with Gasteiger partial charge in [-0.3, -0.25) is 0 Å². The number of para-hydroxylation sites is 1. The second-order valence-corrected chi connectivity index (χ2v) is 5.06. The number of rotatable bonds is 4. The van der Waals surface area contributed by atoms with Crippen LogP contribution in [0.15, 0.2) is 48.5 Å². The molecule has 0 amide bonds. The van der Waals surface area contributed by atoms with Crippen LogP contribution in [0.4, 0.5) is 0 Å². The summed E-state index contributed by atoms with van der Waals surface area (Å²) in [4.78, 5) is 16.1. The van der Waals surface area contributed by atoms with Crippen molar-refractivity contribution in [1.29, 1.82) is 0 Å². The Hall–Kier alpha value is -2.92. The van der Waals surface area contributed by atoms with Crippen LogP contribution in [0.3, 0.4) is 0 Å². The number of aromatic carboxylic acids is 1. The molecular weight excluding hydrogens is 294 g/mol. The Balaban J connectivity index is 2.22. The molecule has 0 fully saturated rings. The minimum Gasteiger partial charge on any atom is -0.496 e. The van der Waals surface area contributed by atoms with Crippen LogP contribution in [0, 0.1) is 0 Å². The first-order chi connectivity index (χ1) is 11.1. The molecule has 0 saturated carbocycles. The summed E-state index contributed by atoms with van der Waals surface area (Å²) in [6.45, 7) is -0.130. The first-order valence-electron chi connectivity index (χ1n) is 7.05. The van der Waals surface area contributed by atoms with Gasteiger partial charge in [0.05, 0.1) is 30.5 Å². The number of pyridine rings is 1. The standard InChI is InChI=1S/C18H15NO4/c1-23-17-8-11(6-7-12(17)10-20)16-9-14(18(21)22)13-4-2-3-5-15(13)19-16/h2-9,20H,10H2,1H3,(H,21,22). The fourth-order valence-electron chi connectivity index (χ4n) is 2.53. The van der Waals surface area contributed by atoms with Crippen LogP contribution in [0.1, 0.15) is 15.9 Å². The molecule has 0 spiro atoms. The van der Waals surface area contributed by atoms with Gasteiger partial charge in [-0.2, -0.15) is 0 Å². The van der Waals surface area contributed by atoms with E-state index in [9.17, 15) is 15.0 Å². The zero-order valence-corrected chi connectivity index (χ0v) is 12.5. The van der Waals surface area contributed by atoms with Crippen molar-refractivity contribution >= 4 is 16.9 Å². The first kappa shape index (κ1) is 15.0. The molecule has 0 aliphatic heterocycles. The molecule has 1 aromatic heterocycles. The van der Waals surface area contributed by atoms with E-state index in [1.54, 1.807) is 42.5 Å². The van der Waals surface area contributed by atoms with Gasteiger partial charge in [0, 0.05) is 16.5 Å². The van der Waals surface area contributed by atoms with Gasteiger partial charge in [-0.15, -0.1) is 0 Å². The Morgan fingerprint density at radius 1 is 1.17 bits per heavy atom. The number of ether oxygens (including phenoxy) is 1. The van der Waals surface area contributed by atoms with Crippen molar-refractivity contribution in [2.75, 3.05) is 7.11 Å².